The van der Waals surface area contributed by atoms with Crippen molar-refractivity contribution in [2.24, 2.45) is 10.2 Å². The van der Waals surface area contributed by atoms with Crippen molar-refractivity contribution in [1.82, 2.24) is 9.97 Å². The van der Waals surface area contributed by atoms with Gasteiger partial charge in [0.2, 0.25) is 0 Å². The summed E-state index contributed by atoms with van der Waals surface area (Å²) in [7, 11) is -4.13. The van der Waals surface area contributed by atoms with Crippen LogP contribution in [0.25, 0.3) is 11.0 Å². The van der Waals surface area contributed by atoms with Crippen LogP contribution < -0.4 is 0 Å². The van der Waals surface area contributed by atoms with Gasteiger partial charge in [0.05, 0.1) is 34.7 Å². The lowest BCUT2D eigenvalue weighted by molar-refractivity contribution is 0.483. The minimum Gasteiger partial charge on any atom is -0.345 e. The second kappa shape index (κ2) is 9.54. The Morgan fingerprint density at radius 2 is 1.38 bits per heavy atom. The fourth-order valence-electron chi connectivity index (χ4n) is 2.35. The Morgan fingerprint density at radius 1 is 0.828 bits per heavy atom. The number of H-pyrrole nitrogens is 1. The average Bonchev–Trinajstić information content (AvgIpc) is 3.21. The highest BCUT2D eigenvalue weighted by Crippen LogP contribution is 2.15. The molecule has 1 heterocycles. The van der Waals surface area contributed by atoms with Gasteiger partial charge in [-0.3, -0.25) is 4.55 Å². The highest BCUT2D eigenvalue weighted by Gasteiger charge is 2.10. The predicted octanol–water partition coefficient (Wildman–Crippen LogP) is 3.95. The van der Waals surface area contributed by atoms with Crippen LogP contribution in [0, 0.1) is 0 Å². The number of rotatable bonds is 4. The molecule has 7 nitrogen and oxygen atoms in total. The zero-order valence-corrected chi connectivity index (χ0v) is 16.1. The van der Waals surface area contributed by atoms with Crippen molar-refractivity contribution >= 4 is 33.6 Å². The number of benzene rings is 3. The summed E-state index contributed by atoms with van der Waals surface area (Å²) in [4.78, 5) is 6.53. The molecule has 29 heavy (non-hydrogen) atoms. The molecule has 8 heteroatoms. The van der Waals surface area contributed by atoms with Gasteiger partial charge in [-0.05, 0) is 29.3 Å². The molecule has 0 saturated carbocycles. The Morgan fingerprint density at radius 3 is 1.90 bits per heavy atom. The second-order valence-corrected chi connectivity index (χ2v) is 7.29. The van der Waals surface area contributed by atoms with E-state index in [4.69, 9.17) is 4.55 Å². The molecule has 3 aromatic carbocycles. The lowest BCUT2D eigenvalue weighted by atomic mass is 10.2. The van der Waals surface area contributed by atoms with E-state index in [0.29, 0.717) is 5.52 Å². The summed E-state index contributed by atoms with van der Waals surface area (Å²) in [5, 5.41) is 7.96. The van der Waals surface area contributed by atoms with Crippen LogP contribution in [0.3, 0.4) is 0 Å². The molecule has 0 fully saturated rings. The zero-order chi connectivity index (χ0) is 20.5. The van der Waals surface area contributed by atoms with Gasteiger partial charge < -0.3 is 4.98 Å². The summed E-state index contributed by atoms with van der Waals surface area (Å²) in [6.07, 6.45) is 4.93. The Bertz CT molecular complexity index is 1170. The van der Waals surface area contributed by atoms with E-state index in [1.54, 1.807) is 18.5 Å². The van der Waals surface area contributed by atoms with Crippen molar-refractivity contribution in [3.8, 4) is 0 Å². The molecule has 4 rings (SSSR count). The van der Waals surface area contributed by atoms with Crippen LogP contribution in [0.4, 0.5) is 0 Å². The lowest BCUT2D eigenvalue weighted by Crippen LogP contribution is -1.97. The number of aromatic amines is 1. The quantitative estimate of drug-likeness (QED) is 0.304. The van der Waals surface area contributed by atoms with Crippen molar-refractivity contribution in [2.75, 3.05) is 0 Å². The summed E-state index contributed by atoms with van der Waals surface area (Å²) in [5.74, 6) is 0. The van der Waals surface area contributed by atoms with E-state index in [1.807, 2.05) is 60.7 Å². The minimum absolute atomic E-state index is 0.146. The third-order valence-corrected chi connectivity index (χ3v) is 4.62. The molecule has 0 radical (unpaired) electrons. The van der Waals surface area contributed by atoms with Gasteiger partial charge in [-0.25, -0.2) is 4.98 Å². The number of hydrogen-bond acceptors (Lipinski definition) is 5. The van der Waals surface area contributed by atoms with E-state index in [2.05, 4.69) is 20.2 Å². The summed E-state index contributed by atoms with van der Waals surface area (Å²) in [5.41, 5.74) is 3.34. The number of aromatic nitrogens is 2. The molecule has 2 N–H and O–H groups in total. The number of nitrogens with one attached hydrogen (secondary N) is 1. The number of nitrogens with zero attached hydrogens (tertiary/aromatic N) is 3. The zero-order valence-electron chi connectivity index (χ0n) is 15.3. The van der Waals surface area contributed by atoms with Crippen LogP contribution in [-0.2, 0) is 10.1 Å². The fourth-order valence-corrected chi connectivity index (χ4v) is 2.85. The standard InChI is InChI=1S/C14H12N2.C7H6N2O3S/c1-3-7-13(8-4-1)11-15-16-12-14-9-5-2-6-10-14;10-13(11,12)5-1-2-6-7(3-5)9-4-8-6/h1-12H;1-4H,(H,8,9)(H,10,11,12)/b15-11+,16-12+;. The van der Waals surface area contributed by atoms with Crippen LogP contribution >= 0.6 is 0 Å². The maximum Gasteiger partial charge on any atom is 0.294 e. The van der Waals surface area contributed by atoms with E-state index in [-0.39, 0.29) is 4.90 Å². The first-order valence-electron chi connectivity index (χ1n) is 8.59. The van der Waals surface area contributed by atoms with Crippen LogP contribution in [0.1, 0.15) is 11.1 Å². The molecular formula is C21H18N4O3S. The molecule has 4 aromatic rings. The van der Waals surface area contributed by atoms with Crippen molar-refractivity contribution < 1.29 is 13.0 Å². The van der Waals surface area contributed by atoms with Gasteiger partial charge in [-0.1, -0.05) is 60.7 Å². The molecule has 0 aliphatic rings. The lowest BCUT2D eigenvalue weighted by Gasteiger charge is -1.94. The van der Waals surface area contributed by atoms with Gasteiger partial charge >= 0.3 is 0 Å². The molecule has 0 aliphatic carbocycles. The molecule has 1 aromatic heterocycles. The van der Waals surface area contributed by atoms with Crippen LogP contribution in [0.2, 0.25) is 0 Å². The molecule has 0 aliphatic heterocycles. The summed E-state index contributed by atoms with van der Waals surface area (Å²) >= 11 is 0. The maximum atomic E-state index is 10.7. The van der Waals surface area contributed by atoms with Gasteiger partial charge in [-0.15, -0.1) is 0 Å². The Kier molecular flexibility index (Phi) is 6.62. The van der Waals surface area contributed by atoms with Gasteiger partial charge in [0.15, 0.2) is 0 Å². The van der Waals surface area contributed by atoms with Crippen molar-refractivity contribution in [2.45, 2.75) is 4.90 Å². The molecule has 146 valence electrons. The van der Waals surface area contributed by atoms with E-state index < -0.39 is 10.1 Å². The van der Waals surface area contributed by atoms with Gasteiger partial charge in [-0.2, -0.15) is 18.6 Å². The second-order valence-electron chi connectivity index (χ2n) is 5.87. The Hall–Kier alpha value is -3.62. The first-order chi connectivity index (χ1) is 14.0. The van der Waals surface area contributed by atoms with Crippen molar-refractivity contribution in [3.05, 3.63) is 96.3 Å². The van der Waals surface area contributed by atoms with E-state index in [1.165, 1.54) is 18.5 Å². The molecule has 0 amide bonds. The molecule has 0 atom stereocenters. The van der Waals surface area contributed by atoms with E-state index in [0.717, 1.165) is 16.6 Å². The third-order valence-electron chi connectivity index (χ3n) is 3.77. The molecule has 0 saturated heterocycles. The molecular weight excluding hydrogens is 388 g/mol. The summed E-state index contributed by atoms with van der Waals surface area (Å²) in [6, 6.07) is 24.0. The third kappa shape index (κ3) is 6.20. The van der Waals surface area contributed by atoms with Crippen LogP contribution in [0.5, 0.6) is 0 Å². The first-order valence-corrected chi connectivity index (χ1v) is 10.0. The topological polar surface area (TPSA) is 108 Å². The Balaban J connectivity index is 0.000000169. The number of imidazole rings is 1. The smallest absolute Gasteiger partial charge is 0.294 e. The fraction of sp³-hybridized carbons (Fsp3) is 0. The van der Waals surface area contributed by atoms with Gasteiger partial charge in [0, 0.05) is 0 Å². The summed E-state index contributed by atoms with van der Waals surface area (Å²) in [6.45, 7) is 0. The summed E-state index contributed by atoms with van der Waals surface area (Å²) < 4.78 is 30.2. The highest BCUT2D eigenvalue weighted by molar-refractivity contribution is 7.85. The van der Waals surface area contributed by atoms with E-state index in [9.17, 15) is 8.42 Å². The maximum absolute atomic E-state index is 10.7. The monoisotopic (exact) mass is 406 g/mol. The average molecular weight is 406 g/mol. The highest BCUT2D eigenvalue weighted by atomic mass is 32.2. The normalized spacial score (nSPS) is 11.6. The van der Waals surface area contributed by atoms with Gasteiger partial charge in [0.1, 0.15) is 0 Å². The van der Waals surface area contributed by atoms with Crippen LogP contribution in [-0.4, -0.2) is 35.4 Å². The number of fused-ring (bicyclic) bond motifs is 1. The minimum atomic E-state index is -4.13. The van der Waals surface area contributed by atoms with Crippen molar-refractivity contribution in [1.29, 1.82) is 0 Å². The Labute approximate surface area is 168 Å². The van der Waals surface area contributed by atoms with Crippen LogP contribution in [0.15, 0.2) is 100 Å². The molecule has 0 spiro atoms. The largest absolute Gasteiger partial charge is 0.345 e. The first kappa shape index (κ1) is 20.1. The predicted molar refractivity (Wildman–Crippen MR) is 114 cm³/mol. The molecule has 0 bridgehead atoms. The van der Waals surface area contributed by atoms with Crippen molar-refractivity contribution in [3.63, 3.8) is 0 Å². The molecule has 0 unspecified atom stereocenters. The van der Waals surface area contributed by atoms with Gasteiger partial charge in [0.25, 0.3) is 10.1 Å². The SMILES string of the molecule is C(=N\N=C\c1ccccc1)/c1ccccc1.O=S(=O)(O)c1ccc2[nH]cnc2c1. The number of hydrogen-bond donors (Lipinski definition) is 2. The van der Waals surface area contributed by atoms with E-state index >= 15 is 0 Å².